The molecule has 6 nitrogen and oxygen atoms in total. The Hall–Kier alpha value is -0.500. The van der Waals surface area contributed by atoms with Crippen molar-refractivity contribution in [1.29, 1.82) is 0 Å². The highest BCUT2D eigenvalue weighted by atomic mass is 32.3. The number of carbonyl (C=O) groups excluding carboxylic acids is 1. The van der Waals surface area contributed by atoms with Gasteiger partial charge in [0.1, 0.15) is 6.54 Å². The Bertz CT molecular complexity index is 228. The minimum absolute atomic E-state index is 0.597. The number of nitrogens with zero attached hydrogens (tertiary/aromatic N) is 1. The van der Waals surface area contributed by atoms with Crippen molar-refractivity contribution in [3.05, 3.63) is 0 Å². The van der Waals surface area contributed by atoms with Crippen molar-refractivity contribution in [2.75, 3.05) is 34.8 Å². The van der Waals surface area contributed by atoms with E-state index in [1.807, 2.05) is 21.1 Å². The molecule has 0 fully saturated rings. The summed E-state index contributed by atoms with van der Waals surface area (Å²) in [7, 11) is 2.65. The molecular formula is C6H16NO5S+. The lowest BCUT2D eigenvalue weighted by atomic mass is 10.6. The second-order valence-electron chi connectivity index (χ2n) is 3.23. The van der Waals surface area contributed by atoms with Crippen LogP contribution in [-0.2, 0) is 19.4 Å². The molecule has 80 valence electrons. The molecule has 0 aliphatic carbocycles. The first-order chi connectivity index (χ1) is 5.62. The molecule has 0 aromatic heterocycles. The zero-order chi connectivity index (χ0) is 11.1. The van der Waals surface area contributed by atoms with Crippen molar-refractivity contribution in [3.63, 3.8) is 0 Å². The van der Waals surface area contributed by atoms with E-state index in [0.717, 1.165) is 17.9 Å². The largest absolute Gasteiger partial charge is 0.397 e. The quantitative estimate of drug-likeness (QED) is 0.383. The van der Waals surface area contributed by atoms with Gasteiger partial charge in [-0.25, -0.2) is 0 Å². The Morgan fingerprint density at radius 2 is 1.69 bits per heavy atom. The highest BCUT2D eigenvalue weighted by molar-refractivity contribution is 7.80. The van der Waals surface area contributed by atoms with Gasteiger partial charge in [0.25, 0.3) is 0 Å². The fourth-order valence-corrected chi connectivity index (χ4v) is 0.224. The summed E-state index contributed by atoms with van der Waals surface area (Å²) in [5.74, 6) is 0. The summed E-state index contributed by atoms with van der Waals surface area (Å²) in [6.07, 6.45) is 0.931. The summed E-state index contributed by atoms with van der Waals surface area (Å²) in [5.41, 5.74) is 0. The molecular weight excluding hydrogens is 198 g/mol. The van der Waals surface area contributed by atoms with Crippen molar-refractivity contribution in [3.8, 4) is 0 Å². The molecule has 0 aromatic rings. The summed E-state index contributed by atoms with van der Waals surface area (Å²) in [6.45, 7) is 0.597. The second-order valence-corrected chi connectivity index (χ2v) is 4.42. The highest BCUT2D eigenvalue weighted by Crippen LogP contribution is 1.82. The fraction of sp³-hybridized carbons (Fsp3) is 0.833. The molecule has 0 bridgehead atoms. The number of rotatable bonds is 3. The number of likely N-dealkylation sites (N-methyl/N-ethyl adjacent to an activating group) is 1. The van der Waals surface area contributed by atoms with Crippen molar-refractivity contribution in [1.82, 2.24) is 0 Å². The minimum Gasteiger partial charge on any atom is -0.325 e. The van der Waals surface area contributed by atoms with Gasteiger partial charge in [-0.3, -0.25) is 13.5 Å². The number of hydrogen-bond donors (Lipinski definition) is 1. The van der Waals surface area contributed by atoms with Crippen molar-refractivity contribution in [2.24, 2.45) is 0 Å². The first-order valence-corrected chi connectivity index (χ1v) is 4.76. The molecule has 0 atom stereocenters. The Morgan fingerprint density at radius 1 is 1.38 bits per heavy atom. The first kappa shape index (κ1) is 15.0. The molecule has 0 aromatic carbocycles. The van der Waals surface area contributed by atoms with Crippen molar-refractivity contribution >= 4 is 16.7 Å². The maximum atomic E-state index is 9.80. The molecule has 0 rings (SSSR count). The van der Waals surface area contributed by atoms with Crippen LogP contribution in [0.3, 0.4) is 0 Å². The molecule has 0 saturated carbocycles. The van der Waals surface area contributed by atoms with Crippen LogP contribution in [0.4, 0.5) is 0 Å². The molecule has 0 saturated heterocycles. The summed E-state index contributed by atoms with van der Waals surface area (Å²) < 4.78 is 30.4. The Kier molecular flexibility index (Phi) is 6.96. The molecule has 0 heterocycles. The van der Waals surface area contributed by atoms with E-state index in [2.05, 4.69) is 4.18 Å². The van der Waals surface area contributed by atoms with E-state index in [0.29, 0.717) is 6.54 Å². The number of carbonyl (C=O) groups is 1. The third-order valence-corrected chi connectivity index (χ3v) is 1.25. The van der Waals surface area contributed by atoms with E-state index in [1.165, 1.54) is 0 Å². The van der Waals surface area contributed by atoms with E-state index in [-0.39, 0.29) is 0 Å². The summed E-state index contributed by atoms with van der Waals surface area (Å²) >= 11 is 0. The molecule has 13 heavy (non-hydrogen) atoms. The number of hydrogen-bond acceptors (Lipinski definition) is 4. The topological polar surface area (TPSA) is 80.7 Å². The van der Waals surface area contributed by atoms with Crippen LogP contribution in [0.1, 0.15) is 0 Å². The van der Waals surface area contributed by atoms with Crippen LogP contribution in [0.5, 0.6) is 0 Å². The second kappa shape index (κ2) is 6.03. The van der Waals surface area contributed by atoms with Crippen LogP contribution in [-0.4, -0.2) is 58.5 Å². The van der Waals surface area contributed by atoms with Crippen LogP contribution in [0, 0.1) is 0 Å². The number of aldehydes is 1. The lowest BCUT2D eigenvalue weighted by molar-refractivity contribution is -0.861. The SMILES string of the molecule is COS(=O)(=O)O.C[N+](C)(C)CC=O. The summed E-state index contributed by atoms with van der Waals surface area (Å²) in [4.78, 5) is 9.80. The lowest BCUT2D eigenvalue weighted by Crippen LogP contribution is -2.35. The van der Waals surface area contributed by atoms with Crippen molar-refractivity contribution in [2.45, 2.75) is 0 Å². The molecule has 0 radical (unpaired) electrons. The van der Waals surface area contributed by atoms with Crippen molar-refractivity contribution < 1.29 is 26.4 Å². The van der Waals surface area contributed by atoms with Gasteiger partial charge in [0.05, 0.1) is 28.3 Å². The van der Waals surface area contributed by atoms with E-state index in [9.17, 15) is 13.2 Å². The Balaban J connectivity index is 0. The third kappa shape index (κ3) is 24.6. The molecule has 7 heteroatoms. The summed E-state index contributed by atoms with van der Waals surface area (Å²) in [6, 6.07) is 0. The van der Waals surface area contributed by atoms with Crippen LogP contribution in [0.2, 0.25) is 0 Å². The first-order valence-electron chi connectivity index (χ1n) is 3.39. The van der Waals surface area contributed by atoms with Crippen LogP contribution in [0.25, 0.3) is 0 Å². The van der Waals surface area contributed by atoms with E-state index >= 15 is 0 Å². The normalized spacial score (nSPS) is 11.5. The predicted octanol–water partition coefficient (Wildman–Crippen LogP) is -0.673. The maximum Gasteiger partial charge on any atom is 0.397 e. The van der Waals surface area contributed by atoms with Gasteiger partial charge in [0.15, 0.2) is 6.29 Å². The smallest absolute Gasteiger partial charge is 0.325 e. The van der Waals surface area contributed by atoms with Crippen LogP contribution in [0.15, 0.2) is 0 Å². The fourth-order valence-electron chi connectivity index (χ4n) is 0.224. The van der Waals surface area contributed by atoms with Gasteiger partial charge in [-0.05, 0) is 0 Å². The average molecular weight is 214 g/mol. The van der Waals surface area contributed by atoms with E-state index in [4.69, 9.17) is 4.55 Å². The van der Waals surface area contributed by atoms with E-state index < -0.39 is 10.4 Å². The molecule has 0 amide bonds. The van der Waals surface area contributed by atoms with Crippen LogP contribution >= 0.6 is 0 Å². The average Bonchev–Trinajstić information content (AvgIpc) is 1.84. The molecule has 0 spiro atoms. The van der Waals surface area contributed by atoms with Gasteiger partial charge in [0, 0.05) is 0 Å². The molecule has 0 unspecified atom stereocenters. The standard InChI is InChI=1S/C5H12NO.CH4O4S/c1-6(2,3)4-5-7;1-5-6(2,3)4/h5H,4H2,1-3H3;1H3,(H,2,3,4)/q+1;. The molecule has 1 N–H and O–H groups in total. The Morgan fingerprint density at radius 3 is 1.69 bits per heavy atom. The molecule has 0 aliphatic heterocycles. The van der Waals surface area contributed by atoms with Gasteiger partial charge >= 0.3 is 10.4 Å². The highest BCUT2D eigenvalue weighted by Gasteiger charge is 2.01. The Labute approximate surface area is 78.7 Å². The van der Waals surface area contributed by atoms with E-state index in [1.54, 1.807) is 0 Å². The monoisotopic (exact) mass is 214 g/mol. The maximum absolute atomic E-state index is 9.80. The summed E-state index contributed by atoms with van der Waals surface area (Å²) in [5, 5.41) is 0. The van der Waals surface area contributed by atoms with Crippen LogP contribution < -0.4 is 0 Å². The van der Waals surface area contributed by atoms with Gasteiger partial charge in [0.2, 0.25) is 0 Å². The predicted molar refractivity (Wildman–Crippen MR) is 47.5 cm³/mol. The van der Waals surface area contributed by atoms with Gasteiger partial charge in [-0.1, -0.05) is 0 Å². The zero-order valence-electron chi connectivity index (χ0n) is 8.22. The van der Waals surface area contributed by atoms with Gasteiger partial charge in [-0.2, -0.15) is 8.42 Å². The number of quaternary nitrogens is 1. The van der Waals surface area contributed by atoms with Gasteiger partial charge < -0.3 is 4.48 Å². The third-order valence-electron chi connectivity index (χ3n) is 0.833. The van der Waals surface area contributed by atoms with Gasteiger partial charge in [-0.15, -0.1) is 0 Å². The minimum atomic E-state index is -4.16. The molecule has 0 aliphatic rings. The zero-order valence-corrected chi connectivity index (χ0v) is 9.04. The lowest BCUT2D eigenvalue weighted by Gasteiger charge is -2.19.